The summed E-state index contributed by atoms with van der Waals surface area (Å²) in [6, 6.07) is 12.9. The minimum absolute atomic E-state index is 0.250. The van der Waals surface area contributed by atoms with E-state index in [1.807, 2.05) is 30.5 Å². The molecule has 0 unspecified atom stereocenters. The highest BCUT2D eigenvalue weighted by Gasteiger charge is 2.18. The molecule has 0 saturated heterocycles. The predicted molar refractivity (Wildman–Crippen MR) is 105 cm³/mol. The molecule has 4 nitrogen and oxygen atoms in total. The Balaban J connectivity index is 1.67. The highest BCUT2D eigenvalue weighted by molar-refractivity contribution is 9.10. The third-order valence-corrected chi connectivity index (χ3v) is 5.72. The normalized spacial score (nSPS) is 12.9. The minimum atomic E-state index is -0.250. The number of hydrogen-bond donors (Lipinski definition) is 1. The number of hydrogen-bond acceptors (Lipinski definition) is 3. The van der Waals surface area contributed by atoms with Crippen molar-refractivity contribution in [1.29, 1.82) is 0 Å². The number of benzene rings is 2. The van der Waals surface area contributed by atoms with Gasteiger partial charge in [0.05, 0.1) is 22.0 Å². The molecule has 1 amide bonds. The molecule has 0 fully saturated rings. The number of carbonyl (C=O) groups excluding carboxylic acids is 1. The zero-order chi connectivity index (χ0) is 17.4. The number of rotatable bonds is 3. The average Bonchev–Trinajstić information content (AvgIpc) is 3.19. The molecule has 2 aromatic carbocycles. The van der Waals surface area contributed by atoms with E-state index in [0.717, 1.165) is 33.2 Å². The Labute approximate surface area is 162 Å². The van der Waals surface area contributed by atoms with Gasteiger partial charge in [0.25, 0.3) is 5.91 Å². The number of nitrogens with one attached hydrogen (secondary N) is 1. The molecule has 126 valence electrons. The Morgan fingerprint density at radius 2 is 2.12 bits per heavy atom. The first-order chi connectivity index (χ1) is 12.1. The summed E-state index contributed by atoms with van der Waals surface area (Å²) in [5.41, 5.74) is 2.89. The fourth-order valence-corrected chi connectivity index (χ4v) is 4.22. The Hall–Kier alpha value is -1.76. The van der Waals surface area contributed by atoms with E-state index in [2.05, 4.69) is 30.8 Å². The standard InChI is InChI=1S/C18H13BrClN3OS/c19-11-5-6-14(20)13(9-11)17(24)21-15-4-2-1-3-12(15)16-10-23-7-8-25-18(23)22-16/h1-6,9-10H,7-8H2,(H,21,24). The molecule has 1 N–H and O–H groups in total. The number of nitrogens with zero attached hydrogens (tertiary/aromatic N) is 2. The van der Waals surface area contributed by atoms with Crippen LogP contribution in [0.25, 0.3) is 11.3 Å². The first-order valence-electron chi connectivity index (χ1n) is 7.67. The molecule has 0 atom stereocenters. The van der Waals surface area contributed by atoms with E-state index in [0.29, 0.717) is 16.3 Å². The number of thioether (sulfide) groups is 1. The van der Waals surface area contributed by atoms with Crippen molar-refractivity contribution in [2.75, 3.05) is 11.1 Å². The molecule has 4 rings (SSSR count). The number of para-hydroxylation sites is 1. The Morgan fingerprint density at radius 3 is 2.96 bits per heavy atom. The topological polar surface area (TPSA) is 46.9 Å². The van der Waals surface area contributed by atoms with E-state index < -0.39 is 0 Å². The van der Waals surface area contributed by atoms with Crippen LogP contribution in [0.3, 0.4) is 0 Å². The molecule has 1 aromatic heterocycles. The van der Waals surface area contributed by atoms with E-state index in [-0.39, 0.29) is 5.91 Å². The van der Waals surface area contributed by atoms with E-state index in [1.165, 1.54) is 0 Å². The molecule has 0 bridgehead atoms. The lowest BCUT2D eigenvalue weighted by molar-refractivity contribution is 0.102. The molecule has 7 heteroatoms. The van der Waals surface area contributed by atoms with E-state index in [4.69, 9.17) is 11.6 Å². The first kappa shape index (κ1) is 16.7. The molecule has 0 saturated carbocycles. The fourth-order valence-electron chi connectivity index (χ4n) is 2.72. The van der Waals surface area contributed by atoms with Gasteiger partial charge in [-0.1, -0.05) is 57.5 Å². The molecule has 1 aliphatic heterocycles. The summed E-state index contributed by atoms with van der Waals surface area (Å²) >= 11 is 11.3. The predicted octanol–water partition coefficient (Wildman–Crippen LogP) is 5.32. The lowest BCUT2D eigenvalue weighted by Crippen LogP contribution is -2.13. The van der Waals surface area contributed by atoms with Gasteiger partial charge in [0.2, 0.25) is 0 Å². The molecular formula is C18H13BrClN3OS. The quantitative estimate of drug-likeness (QED) is 0.606. The van der Waals surface area contributed by atoms with Gasteiger partial charge in [-0.15, -0.1) is 0 Å². The molecule has 1 aliphatic rings. The Morgan fingerprint density at radius 1 is 1.28 bits per heavy atom. The maximum atomic E-state index is 12.7. The number of imidazole rings is 1. The molecule has 2 heterocycles. The molecule has 25 heavy (non-hydrogen) atoms. The van der Waals surface area contributed by atoms with Crippen LogP contribution in [0.5, 0.6) is 0 Å². The van der Waals surface area contributed by atoms with Crippen molar-refractivity contribution in [2.45, 2.75) is 11.7 Å². The second-order valence-corrected chi connectivity index (χ2v) is 7.96. The number of anilines is 1. The SMILES string of the molecule is O=C(Nc1ccccc1-c1cn2c(n1)SCC2)c1cc(Br)ccc1Cl. The summed E-state index contributed by atoms with van der Waals surface area (Å²) < 4.78 is 2.95. The van der Waals surface area contributed by atoms with Crippen LogP contribution >= 0.6 is 39.3 Å². The average molecular weight is 435 g/mol. The molecule has 3 aromatic rings. The van der Waals surface area contributed by atoms with E-state index in [9.17, 15) is 4.79 Å². The number of amides is 1. The number of aryl methyl sites for hydroxylation is 1. The summed E-state index contributed by atoms with van der Waals surface area (Å²) in [4.78, 5) is 17.3. The van der Waals surface area contributed by atoms with Gasteiger partial charge in [0.15, 0.2) is 5.16 Å². The van der Waals surface area contributed by atoms with Crippen molar-refractivity contribution >= 4 is 50.9 Å². The van der Waals surface area contributed by atoms with Crippen molar-refractivity contribution in [2.24, 2.45) is 0 Å². The van der Waals surface area contributed by atoms with Crippen molar-refractivity contribution in [3.05, 3.63) is 63.7 Å². The van der Waals surface area contributed by atoms with Crippen LogP contribution in [-0.2, 0) is 6.54 Å². The highest BCUT2D eigenvalue weighted by Crippen LogP contribution is 2.33. The smallest absolute Gasteiger partial charge is 0.257 e. The lowest BCUT2D eigenvalue weighted by Gasteiger charge is -2.11. The number of fused-ring (bicyclic) bond motifs is 1. The Kier molecular flexibility index (Phi) is 4.58. The summed E-state index contributed by atoms with van der Waals surface area (Å²) in [6.07, 6.45) is 2.03. The minimum Gasteiger partial charge on any atom is -0.325 e. The molecule has 0 spiro atoms. The van der Waals surface area contributed by atoms with Crippen LogP contribution in [0.2, 0.25) is 5.02 Å². The van der Waals surface area contributed by atoms with Crippen LogP contribution in [0, 0.1) is 0 Å². The summed E-state index contributed by atoms with van der Waals surface area (Å²) in [5, 5.41) is 4.39. The van der Waals surface area contributed by atoms with Gasteiger partial charge in [0, 0.05) is 28.5 Å². The number of aromatic nitrogens is 2. The summed E-state index contributed by atoms with van der Waals surface area (Å²) in [6.45, 7) is 0.967. The van der Waals surface area contributed by atoms with Crippen LogP contribution in [0.1, 0.15) is 10.4 Å². The largest absolute Gasteiger partial charge is 0.325 e. The Bertz CT molecular complexity index is 951. The van der Waals surface area contributed by atoms with Crippen LogP contribution < -0.4 is 5.32 Å². The second kappa shape index (κ2) is 6.86. The number of halogens is 2. The van der Waals surface area contributed by atoms with Crippen LogP contribution in [0.4, 0.5) is 5.69 Å². The lowest BCUT2D eigenvalue weighted by atomic mass is 10.1. The maximum absolute atomic E-state index is 12.7. The fraction of sp³-hybridized carbons (Fsp3) is 0.111. The maximum Gasteiger partial charge on any atom is 0.257 e. The van der Waals surface area contributed by atoms with Gasteiger partial charge < -0.3 is 9.88 Å². The van der Waals surface area contributed by atoms with E-state index >= 15 is 0 Å². The summed E-state index contributed by atoms with van der Waals surface area (Å²) in [5.74, 6) is 0.808. The molecular weight excluding hydrogens is 422 g/mol. The van der Waals surface area contributed by atoms with Crippen molar-refractivity contribution in [3.8, 4) is 11.3 Å². The van der Waals surface area contributed by atoms with Gasteiger partial charge >= 0.3 is 0 Å². The second-order valence-electron chi connectivity index (χ2n) is 5.57. The van der Waals surface area contributed by atoms with Crippen molar-refractivity contribution in [3.63, 3.8) is 0 Å². The zero-order valence-corrected chi connectivity index (χ0v) is 16.2. The zero-order valence-electron chi connectivity index (χ0n) is 13.0. The highest BCUT2D eigenvalue weighted by atomic mass is 79.9. The third kappa shape index (κ3) is 3.34. The monoisotopic (exact) mass is 433 g/mol. The van der Waals surface area contributed by atoms with Gasteiger partial charge in [-0.25, -0.2) is 4.98 Å². The van der Waals surface area contributed by atoms with Gasteiger partial charge in [-0.2, -0.15) is 0 Å². The first-order valence-corrected chi connectivity index (χ1v) is 9.83. The van der Waals surface area contributed by atoms with Gasteiger partial charge in [0.1, 0.15) is 0 Å². The van der Waals surface area contributed by atoms with Crippen LogP contribution in [0.15, 0.2) is 58.3 Å². The number of carbonyl (C=O) groups is 1. The third-order valence-electron chi connectivity index (χ3n) is 3.93. The molecule has 0 radical (unpaired) electrons. The van der Waals surface area contributed by atoms with Gasteiger partial charge in [-0.05, 0) is 24.3 Å². The van der Waals surface area contributed by atoms with Crippen LogP contribution in [-0.4, -0.2) is 21.2 Å². The van der Waals surface area contributed by atoms with Gasteiger partial charge in [-0.3, -0.25) is 4.79 Å². The van der Waals surface area contributed by atoms with Crippen molar-refractivity contribution in [1.82, 2.24) is 9.55 Å². The molecule has 0 aliphatic carbocycles. The van der Waals surface area contributed by atoms with E-state index in [1.54, 1.807) is 30.0 Å². The van der Waals surface area contributed by atoms with Crippen molar-refractivity contribution < 1.29 is 4.79 Å². The summed E-state index contributed by atoms with van der Waals surface area (Å²) in [7, 11) is 0.